The Morgan fingerprint density at radius 2 is 0.913 bits per heavy atom. The molecule has 0 aliphatic heterocycles. The Balaban J connectivity index is 1.09. The van der Waals surface area contributed by atoms with Crippen molar-refractivity contribution in [3.8, 4) is 32.3 Å². The molecule has 0 aliphatic carbocycles. The topological polar surface area (TPSA) is 29.3 Å². The largest absolute Gasteiger partial charge is 0.436 e. The Bertz CT molecular complexity index is 2090. The standard InChI is InChI=1S/C41H26N2OS2/c1-5-11-37-30(7-1)25-39(45-37)27-13-19-32(20-14-27)43(33-21-15-28(16-22-33)40-26-31-8-2-6-12-38(31)46-40)34-23-17-29(18-24-34)41-42-35-9-3-4-10-36(35)44-41/h1-26H. The van der Waals surface area contributed by atoms with Crippen LogP contribution in [0.25, 0.3) is 63.6 Å². The Hall–Kier alpha value is -5.49. The first-order chi connectivity index (χ1) is 22.7. The molecule has 6 aromatic carbocycles. The smallest absolute Gasteiger partial charge is 0.227 e. The van der Waals surface area contributed by atoms with E-state index in [1.165, 1.54) is 41.1 Å². The van der Waals surface area contributed by atoms with Gasteiger partial charge in [-0.25, -0.2) is 4.98 Å². The number of anilines is 3. The highest BCUT2D eigenvalue weighted by atomic mass is 32.1. The van der Waals surface area contributed by atoms with Crippen LogP contribution in [0.5, 0.6) is 0 Å². The van der Waals surface area contributed by atoms with Crippen LogP contribution in [-0.2, 0) is 0 Å². The monoisotopic (exact) mass is 626 g/mol. The molecule has 0 N–H and O–H groups in total. The molecule has 0 atom stereocenters. The lowest BCUT2D eigenvalue weighted by atomic mass is 10.1. The SMILES string of the molecule is c1ccc2sc(-c3ccc(N(c4ccc(-c5nc6ccccc6o5)cc4)c4ccc(-c5cc6ccccc6s5)cc4)cc3)cc2c1. The van der Waals surface area contributed by atoms with E-state index in [-0.39, 0.29) is 0 Å². The molecule has 0 aliphatic rings. The van der Waals surface area contributed by atoms with Crippen molar-refractivity contribution < 1.29 is 4.42 Å². The second-order valence-electron chi connectivity index (χ2n) is 11.3. The molecule has 46 heavy (non-hydrogen) atoms. The number of para-hydroxylation sites is 2. The fourth-order valence-electron chi connectivity index (χ4n) is 5.99. The summed E-state index contributed by atoms with van der Waals surface area (Å²) >= 11 is 3.66. The van der Waals surface area contributed by atoms with Gasteiger partial charge in [0, 0.05) is 41.8 Å². The van der Waals surface area contributed by atoms with Gasteiger partial charge in [0.2, 0.25) is 5.89 Å². The average Bonchev–Trinajstić information content (AvgIpc) is 3.86. The highest BCUT2D eigenvalue weighted by Crippen LogP contribution is 2.40. The van der Waals surface area contributed by atoms with E-state index in [2.05, 4.69) is 138 Å². The fourth-order valence-corrected chi connectivity index (χ4v) is 8.13. The van der Waals surface area contributed by atoms with E-state index >= 15 is 0 Å². The highest BCUT2D eigenvalue weighted by Gasteiger charge is 2.16. The van der Waals surface area contributed by atoms with Crippen molar-refractivity contribution >= 4 is 71.0 Å². The second kappa shape index (κ2) is 11.1. The van der Waals surface area contributed by atoms with Gasteiger partial charge >= 0.3 is 0 Å². The summed E-state index contributed by atoms with van der Waals surface area (Å²) < 4.78 is 8.67. The zero-order valence-electron chi connectivity index (χ0n) is 24.6. The van der Waals surface area contributed by atoms with E-state index < -0.39 is 0 Å². The Labute approximate surface area is 274 Å². The normalized spacial score (nSPS) is 11.5. The van der Waals surface area contributed by atoms with E-state index in [0.29, 0.717) is 5.89 Å². The number of aromatic nitrogens is 1. The number of oxazole rings is 1. The maximum atomic E-state index is 6.05. The summed E-state index contributed by atoms with van der Waals surface area (Å²) in [6, 6.07) is 55.8. The molecule has 3 heterocycles. The zero-order chi connectivity index (χ0) is 30.5. The third-order valence-corrected chi connectivity index (χ3v) is 10.7. The summed E-state index contributed by atoms with van der Waals surface area (Å²) in [5, 5.41) is 2.57. The minimum Gasteiger partial charge on any atom is -0.436 e. The lowest BCUT2D eigenvalue weighted by Crippen LogP contribution is -2.09. The molecule has 0 radical (unpaired) electrons. The molecule has 218 valence electrons. The van der Waals surface area contributed by atoms with Crippen LogP contribution in [-0.4, -0.2) is 4.98 Å². The van der Waals surface area contributed by atoms with Crippen molar-refractivity contribution in [1.82, 2.24) is 4.98 Å². The summed E-state index contributed by atoms with van der Waals surface area (Å²) in [5.74, 6) is 0.625. The van der Waals surface area contributed by atoms with Gasteiger partial charge < -0.3 is 9.32 Å². The van der Waals surface area contributed by atoms with Gasteiger partial charge in [-0.15, -0.1) is 22.7 Å². The Morgan fingerprint density at radius 1 is 0.457 bits per heavy atom. The molecule has 0 fully saturated rings. The van der Waals surface area contributed by atoms with Gasteiger partial charge in [-0.05, 0) is 107 Å². The molecule has 0 saturated heterocycles. The fraction of sp³-hybridized carbons (Fsp3) is 0. The lowest BCUT2D eigenvalue weighted by Gasteiger charge is -2.26. The van der Waals surface area contributed by atoms with Crippen LogP contribution < -0.4 is 4.90 Å². The van der Waals surface area contributed by atoms with Crippen LogP contribution in [0, 0.1) is 0 Å². The van der Waals surface area contributed by atoms with Crippen molar-refractivity contribution in [3.63, 3.8) is 0 Å². The number of hydrogen-bond donors (Lipinski definition) is 0. The van der Waals surface area contributed by atoms with Crippen LogP contribution in [0.15, 0.2) is 162 Å². The molecule has 0 bridgehead atoms. The molecule has 0 spiro atoms. The summed E-state index contributed by atoms with van der Waals surface area (Å²) in [4.78, 5) is 9.55. The van der Waals surface area contributed by atoms with E-state index in [4.69, 9.17) is 9.40 Å². The molecule has 0 unspecified atom stereocenters. The molecular weight excluding hydrogens is 601 g/mol. The van der Waals surface area contributed by atoms with E-state index in [1.807, 2.05) is 46.9 Å². The first-order valence-corrected chi connectivity index (χ1v) is 16.8. The number of benzene rings is 6. The predicted octanol–water partition coefficient (Wildman–Crippen LogP) is 12.7. The molecule has 9 rings (SSSR count). The average molecular weight is 627 g/mol. The molecule has 0 saturated carbocycles. The second-order valence-corrected chi connectivity index (χ2v) is 13.4. The summed E-state index contributed by atoms with van der Waals surface area (Å²) in [7, 11) is 0. The highest BCUT2D eigenvalue weighted by molar-refractivity contribution is 7.22. The van der Waals surface area contributed by atoms with Crippen LogP contribution in [0.3, 0.4) is 0 Å². The van der Waals surface area contributed by atoms with Gasteiger partial charge in [-0.2, -0.15) is 0 Å². The van der Waals surface area contributed by atoms with Gasteiger partial charge in [0.1, 0.15) is 5.52 Å². The van der Waals surface area contributed by atoms with Crippen molar-refractivity contribution in [3.05, 3.63) is 158 Å². The molecule has 9 aromatic rings. The van der Waals surface area contributed by atoms with Crippen molar-refractivity contribution in [2.24, 2.45) is 0 Å². The van der Waals surface area contributed by atoms with Gasteiger partial charge in [0.05, 0.1) is 0 Å². The third kappa shape index (κ3) is 4.87. The minimum atomic E-state index is 0.625. The van der Waals surface area contributed by atoms with Crippen molar-refractivity contribution in [1.29, 1.82) is 0 Å². The van der Waals surface area contributed by atoms with Gasteiger partial charge in [0.25, 0.3) is 0 Å². The molecular formula is C41H26N2OS2. The maximum absolute atomic E-state index is 6.05. The van der Waals surface area contributed by atoms with Gasteiger partial charge in [-0.3, -0.25) is 0 Å². The number of fused-ring (bicyclic) bond motifs is 3. The van der Waals surface area contributed by atoms with Crippen LogP contribution in [0.1, 0.15) is 0 Å². The molecule has 5 heteroatoms. The summed E-state index contributed by atoms with van der Waals surface area (Å²) in [6.45, 7) is 0. The number of nitrogens with zero attached hydrogens (tertiary/aromatic N) is 2. The van der Waals surface area contributed by atoms with Crippen LogP contribution >= 0.6 is 22.7 Å². The van der Waals surface area contributed by atoms with Crippen molar-refractivity contribution in [2.75, 3.05) is 4.90 Å². The zero-order valence-corrected chi connectivity index (χ0v) is 26.3. The lowest BCUT2D eigenvalue weighted by molar-refractivity contribution is 0.620. The van der Waals surface area contributed by atoms with Gasteiger partial charge in [0.15, 0.2) is 5.58 Å². The first-order valence-electron chi connectivity index (χ1n) is 15.2. The molecule has 3 aromatic heterocycles. The molecule has 3 nitrogen and oxygen atoms in total. The Morgan fingerprint density at radius 3 is 1.41 bits per heavy atom. The number of rotatable bonds is 6. The number of hydrogen-bond acceptors (Lipinski definition) is 5. The van der Waals surface area contributed by atoms with Crippen LogP contribution in [0.4, 0.5) is 17.1 Å². The van der Waals surface area contributed by atoms with E-state index in [1.54, 1.807) is 0 Å². The minimum absolute atomic E-state index is 0.625. The Kier molecular flexibility index (Phi) is 6.51. The van der Waals surface area contributed by atoms with E-state index in [0.717, 1.165) is 33.7 Å². The predicted molar refractivity (Wildman–Crippen MR) is 196 cm³/mol. The third-order valence-electron chi connectivity index (χ3n) is 8.34. The summed E-state index contributed by atoms with van der Waals surface area (Å²) in [6.07, 6.45) is 0. The van der Waals surface area contributed by atoms with E-state index in [9.17, 15) is 0 Å². The van der Waals surface area contributed by atoms with Crippen molar-refractivity contribution in [2.45, 2.75) is 0 Å². The number of thiophene rings is 2. The molecule has 0 amide bonds. The maximum Gasteiger partial charge on any atom is 0.227 e. The summed E-state index contributed by atoms with van der Waals surface area (Å²) in [5.41, 5.74) is 8.28. The quantitative estimate of drug-likeness (QED) is 0.184. The van der Waals surface area contributed by atoms with Crippen LogP contribution in [0.2, 0.25) is 0 Å². The van der Waals surface area contributed by atoms with Gasteiger partial charge in [-0.1, -0.05) is 72.8 Å². The first kappa shape index (κ1) is 26.9.